The van der Waals surface area contributed by atoms with Crippen molar-refractivity contribution >= 4 is 35.1 Å². The lowest BCUT2D eigenvalue weighted by Gasteiger charge is -2.31. The van der Waals surface area contributed by atoms with Crippen LogP contribution in [-0.2, 0) is 14.3 Å². The fourth-order valence-corrected chi connectivity index (χ4v) is 3.05. The summed E-state index contributed by atoms with van der Waals surface area (Å²) in [4.78, 5) is 48.3. The molecule has 162 valence electrons. The molecule has 0 saturated heterocycles. The number of para-hydroxylation sites is 2. The number of nitrogens with one attached hydrogen (secondary N) is 1. The van der Waals surface area contributed by atoms with E-state index in [-0.39, 0.29) is 22.5 Å². The molecule has 31 heavy (non-hydrogen) atoms. The Bertz CT molecular complexity index is 1040. The zero-order valence-electron chi connectivity index (χ0n) is 15.8. The first-order valence-corrected chi connectivity index (χ1v) is 8.92. The van der Waals surface area contributed by atoms with Gasteiger partial charge < -0.3 is 15.8 Å². The van der Waals surface area contributed by atoms with Crippen molar-refractivity contribution in [1.82, 2.24) is 0 Å². The monoisotopic (exact) mass is 435 g/mol. The number of rotatable bonds is 4. The molecule has 1 aliphatic heterocycles. The van der Waals surface area contributed by atoms with E-state index in [1.807, 2.05) is 0 Å². The lowest BCUT2D eigenvalue weighted by Crippen LogP contribution is -2.51. The summed E-state index contributed by atoms with van der Waals surface area (Å²) in [5, 5.41) is 2.34. The Hall–Kier alpha value is -3.89. The van der Waals surface area contributed by atoms with Crippen molar-refractivity contribution in [1.29, 1.82) is 0 Å². The maximum Gasteiger partial charge on any atom is 0.409 e. The topological polar surface area (TPSA) is 119 Å². The zero-order chi connectivity index (χ0) is 22.8. The van der Waals surface area contributed by atoms with Crippen molar-refractivity contribution in [3.63, 3.8) is 0 Å². The number of anilines is 2. The average Bonchev–Trinajstić information content (AvgIpc) is 2.87. The number of alkyl halides is 3. The van der Waals surface area contributed by atoms with Crippen LogP contribution in [-0.4, -0.2) is 42.5 Å². The van der Waals surface area contributed by atoms with E-state index >= 15 is 0 Å². The maximum atomic E-state index is 13.6. The van der Waals surface area contributed by atoms with E-state index in [2.05, 4.69) is 5.32 Å². The Morgan fingerprint density at radius 3 is 2.29 bits per heavy atom. The molecular weight excluding hydrogens is 419 g/mol. The SMILES string of the molecule is NC(=O)c1ccc(C(=O)OCC(=O)N2c3ccccc3NC(=O)CC2C(F)(F)F)cc1. The molecule has 0 aromatic heterocycles. The van der Waals surface area contributed by atoms with Gasteiger partial charge in [0.05, 0.1) is 23.4 Å². The van der Waals surface area contributed by atoms with E-state index in [1.54, 1.807) is 0 Å². The summed E-state index contributed by atoms with van der Waals surface area (Å²) in [6.45, 7) is -0.995. The van der Waals surface area contributed by atoms with Crippen LogP contribution >= 0.6 is 0 Å². The minimum Gasteiger partial charge on any atom is -0.452 e. The van der Waals surface area contributed by atoms with Gasteiger partial charge in [0, 0.05) is 5.56 Å². The Labute approximate surface area is 173 Å². The fraction of sp³-hybridized carbons (Fsp3) is 0.200. The molecule has 1 unspecified atom stereocenters. The van der Waals surface area contributed by atoms with E-state index in [0.29, 0.717) is 4.90 Å². The highest BCUT2D eigenvalue weighted by atomic mass is 19.4. The number of fused-ring (bicyclic) bond motifs is 1. The van der Waals surface area contributed by atoms with Crippen molar-refractivity contribution in [3.8, 4) is 0 Å². The molecule has 2 aromatic carbocycles. The van der Waals surface area contributed by atoms with Crippen LogP contribution in [0.4, 0.5) is 24.5 Å². The number of ether oxygens (including phenoxy) is 1. The third kappa shape index (κ3) is 4.82. The largest absolute Gasteiger partial charge is 0.452 e. The number of hydrogen-bond donors (Lipinski definition) is 2. The molecule has 0 spiro atoms. The molecular formula is C20H16F3N3O5. The molecule has 3 amide bonds. The van der Waals surface area contributed by atoms with Gasteiger partial charge in [-0.3, -0.25) is 19.3 Å². The minimum absolute atomic E-state index is 0.0287. The molecule has 0 fully saturated rings. The first-order valence-electron chi connectivity index (χ1n) is 8.92. The quantitative estimate of drug-likeness (QED) is 0.714. The Kier molecular flexibility index (Phi) is 5.95. The highest BCUT2D eigenvalue weighted by Crippen LogP contribution is 2.37. The number of hydrogen-bond acceptors (Lipinski definition) is 5. The summed E-state index contributed by atoms with van der Waals surface area (Å²) in [5.74, 6) is -3.76. The van der Waals surface area contributed by atoms with Crippen LogP contribution in [0.5, 0.6) is 0 Å². The molecule has 0 saturated carbocycles. The van der Waals surface area contributed by atoms with Crippen molar-refractivity contribution in [2.45, 2.75) is 18.6 Å². The van der Waals surface area contributed by atoms with Gasteiger partial charge in [0.2, 0.25) is 11.8 Å². The molecule has 1 atom stereocenters. The second kappa shape index (κ2) is 8.46. The summed E-state index contributed by atoms with van der Waals surface area (Å²) in [6.07, 6.45) is -5.91. The average molecular weight is 435 g/mol. The number of primary amides is 1. The van der Waals surface area contributed by atoms with Crippen LogP contribution in [0, 0.1) is 0 Å². The van der Waals surface area contributed by atoms with Crippen LogP contribution in [0.15, 0.2) is 48.5 Å². The molecule has 3 rings (SSSR count). The standard InChI is InChI=1S/C20H16F3N3O5/c21-20(22,23)15-9-16(27)25-13-3-1-2-4-14(13)26(15)17(28)10-31-19(30)12-7-5-11(6-8-12)18(24)29/h1-8,15H,9-10H2,(H2,24,29)(H,25,27). The van der Waals surface area contributed by atoms with Gasteiger partial charge in [0.15, 0.2) is 6.61 Å². The van der Waals surface area contributed by atoms with Gasteiger partial charge in [-0.1, -0.05) is 12.1 Å². The van der Waals surface area contributed by atoms with E-state index in [9.17, 15) is 32.3 Å². The smallest absolute Gasteiger partial charge is 0.409 e. The number of nitrogens with zero attached hydrogens (tertiary/aromatic N) is 1. The molecule has 11 heteroatoms. The number of esters is 1. The second-order valence-electron chi connectivity index (χ2n) is 6.61. The predicted molar refractivity (Wildman–Crippen MR) is 102 cm³/mol. The van der Waals surface area contributed by atoms with Crippen LogP contribution in [0.1, 0.15) is 27.1 Å². The van der Waals surface area contributed by atoms with Crippen molar-refractivity contribution in [2.24, 2.45) is 5.73 Å². The molecule has 8 nitrogen and oxygen atoms in total. The van der Waals surface area contributed by atoms with Gasteiger partial charge in [-0.05, 0) is 36.4 Å². The van der Waals surface area contributed by atoms with Gasteiger partial charge >= 0.3 is 12.1 Å². The molecule has 0 aliphatic carbocycles. The maximum absolute atomic E-state index is 13.6. The molecule has 0 bridgehead atoms. The number of nitrogens with two attached hydrogens (primary N) is 1. The van der Waals surface area contributed by atoms with Gasteiger partial charge in [-0.15, -0.1) is 0 Å². The molecule has 3 N–H and O–H groups in total. The molecule has 0 radical (unpaired) electrons. The predicted octanol–water partition coefficient (Wildman–Crippen LogP) is 2.25. The van der Waals surface area contributed by atoms with E-state index < -0.39 is 48.9 Å². The third-order valence-corrected chi connectivity index (χ3v) is 4.51. The summed E-state index contributed by atoms with van der Waals surface area (Å²) in [5.41, 5.74) is 5.08. The van der Waals surface area contributed by atoms with E-state index in [4.69, 9.17) is 10.5 Å². The number of halogens is 3. The normalized spacial score (nSPS) is 16.0. The summed E-state index contributed by atoms with van der Waals surface area (Å²) in [6, 6.07) is 8.08. The van der Waals surface area contributed by atoms with Crippen LogP contribution in [0.2, 0.25) is 0 Å². The van der Waals surface area contributed by atoms with Crippen molar-refractivity contribution in [3.05, 3.63) is 59.7 Å². The zero-order valence-corrected chi connectivity index (χ0v) is 15.8. The summed E-state index contributed by atoms with van der Waals surface area (Å²) in [7, 11) is 0. The first-order chi connectivity index (χ1) is 14.6. The lowest BCUT2D eigenvalue weighted by molar-refractivity contribution is -0.158. The number of carbonyl (C=O) groups is 4. The highest BCUT2D eigenvalue weighted by molar-refractivity contribution is 6.05. The van der Waals surface area contributed by atoms with Crippen LogP contribution in [0.3, 0.4) is 0 Å². The van der Waals surface area contributed by atoms with E-state index in [1.165, 1.54) is 48.5 Å². The van der Waals surface area contributed by atoms with Crippen molar-refractivity contribution < 1.29 is 37.1 Å². The van der Waals surface area contributed by atoms with Gasteiger partial charge in [0.25, 0.3) is 5.91 Å². The minimum atomic E-state index is -4.90. The van der Waals surface area contributed by atoms with Gasteiger partial charge in [-0.2, -0.15) is 13.2 Å². The first kappa shape index (κ1) is 21.8. The van der Waals surface area contributed by atoms with Crippen molar-refractivity contribution in [2.75, 3.05) is 16.8 Å². The number of carbonyl (C=O) groups excluding carboxylic acids is 4. The van der Waals surface area contributed by atoms with Gasteiger partial charge in [0.1, 0.15) is 6.04 Å². The number of benzene rings is 2. The molecule has 2 aromatic rings. The van der Waals surface area contributed by atoms with Crippen LogP contribution in [0.25, 0.3) is 0 Å². The molecule has 1 aliphatic rings. The fourth-order valence-electron chi connectivity index (χ4n) is 3.05. The highest BCUT2D eigenvalue weighted by Gasteiger charge is 2.49. The lowest BCUT2D eigenvalue weighted by atomic mass is 10.1. The Morgan fingerprint density at radius 1 is 1.06 bits per heavy atom. The molecule has 1 heterocycles. The van der Waals surface area contributed by atoms with Crippen LogP contribution < -0.4 is 16.0 Å². The Balaban J connectivity index is 1.83. The second-order valence-corrected chi connectivity index (χ2v) is 6.61. The Morgan fingerprint density at radius 2 is 1.68 bits per heavy atom. The number of amides is 3. The van der Waals surface area contributed by atoms with E-state index in [0.717, 1.165) is 0 Å². The third-order valence-electron chi connectivity index (χ3n) is 4.51. The summed E-state index contributed by atoms with van der Waals surface area (Å²) < 4.78 is 45.8. The summed E-state index contributed by atoms with van der Waals surface area (Å²) >= 11 is 0. The van der Waals surface area contributed by atoms with Gasteiger partial charge in [-0.25, -0.2) is 4.79 Å².